The summed E-state index contributed by atoms with van der Waals surface area (Å²) in [7, 11) is -3.37. The maximum Gasteiger partial charge on any atom is 0.410 e. The van der Waals surface area contributed by atoms with E-state index in [-0.39, 0.29) is 12.1 Å². The Bertz CT molecular complexity index is 746. The zero-order valence-electron chi connectivity index (χ0n) is 15.7. The lowest BCUT2D eigenvalue weighted by Gasteiger charge is -2.41. The lowest BCUT2D eigenvalue weighted by molar-refractivity contribution is 0.00592. The number of amides is 1. The summed E-state index contributed by atoms with van der Waals surface area (Å²) in [5.74, 6) is 0. The van der Waals surface area contributed by atoms with Gasteiger partial charge in [0.05, 0.1) is 12.3 Å². The number of halogens is 1. The molecule has 1 heterocycles. The molecule has 1 saturated heterocycles. The number of nitrogens with zero attached hydrogens (tertiary/aromatic N) is 1. The zero-order chi connectivity index (χ0) is 19.5. The van der Waals surface area contributed by atoms with E-state index in [1.165, 1.54) is 0 Å². The minimum atomic E-state index is -3.37. The second-order valence-corrected chi connectivity index (χ2v) is 10.7. The van der Waals surface area contributed by atoms with Crippen LogP contribution >= 0.6 is 22.6 Å². The molecular weight excluding hydrogens is 467 g/mol. The number of ether oxygens (including phenoxy) is 1. The van der Waals surface area contributed by atoms with Gasteiger partial charge in [-0.25, -0.2) is 17.9 Å². The van der Waals surface area contributed by atoms with E-state index in [0.29, 0.717) is 19.4 Å². The summed E-state index contributed by atoms with van der Waals surface area (Å²) in [5, 5.41) is 0. The first kappa shape index (κ1) is 21.4. The van der Waals surface area contributed by atoms with Crippen LogP contribution in [0, 0.1) is 3.57 Å². The Labute approximate surface area is 169 Å². The van der Waals surface area contributed by atoms with Gasteiger partial charge in [-0.1, -0.05) is 12.1 Å². The molecule has 0 aliphatic carbocycles. The lowest BCUT2D eigenvalue weighted by atomic mass is 9.92. The number of sulfonamides is 1. The molecule has 1 fully saturated rings. The fourth-order valence-electron chi connectivity index (χ4n) is 3.17. The predicted octanol–water partition coefficient (Wildman–Crippen LogP) is 3.15. The average molecular weight is 494 g/mol. The third-order valence-corrected chi connectivity index (χ3v) is 5.51. The molecule has 146 valence electrons. The van der Waals surface area contributed by atoms with Crippen molar-refractivity contribution in [2.24, 2.45) is 0 Å². The van der Waals surface area contributed by atoms with Crippen molar-refractivity contribution in [3.63, 3.8) is 0 Å². The quantitative estimate of drug-likeness (QED) is 0.653. The summed E-state index contributed by atoms with van der Waals surface area (Å²) in [5.41, 5.74) is 0.471. The highest BCUT2D eigenvalue weighted by atomic mass is 127. The van der Waals surface area contributed by atoms with Gasteiger partial charge in [0.2, 0.25) is 10.0 Å². The normalized spacial score (nSPS) is 21.5. The average Bonchev–Trinajstić information content (AvgIpc) is 2.45. The van der Waals surface area contributed by atoms with Crippen molar-refractivity contribution in [3.8, 4) is 0 Å². The molecule has 0 bridgehead atoms. The molecule has 0 aromatic heterocycles. The second-order valence-electron chi connectivity index (χ2n) is 7.71. The SMILES string of the molecule is CC(C)(C)OC(=O)N1CCC[C@@H](NS(C)(=O)=O)[C@H]1Cc1cccc(I)c1. The van der Waals surface area contributed by atoms with E-state index < -0.39 is 21.7 Å². The lowest BCUT2D eigenvalue weighted by Crippen LogP contribution is -2.58. The molecule has 2 rings (SSSR count). The molecule has 1 aromatic carbocycles. The molecule has 0 saturated carbocycles. The summed E-state index contributed by atoms with van der Waals surface area (Å²) in [6.07, 6.45) is 2.76. The Morgan fingerprint density at radius 3 is 2.65 bits per heavy atom. The molecule has 26 heavy (non-hydrogen) atoms. The Morgan fingerprint density at radius 1 is 1.38 bits per heavy atom. The van der Waals surface area contributed by atoms with Gasteiger partial charge in [0.1, 0.15) is 5.60 Å². The smallest absolute Gasteiger partial charge is 0.410 e. The van der Waals surface area contributed by atoms with Crippen LogP contribution in [0.4, 0.5) is 4.79 Å². The molecule has 8 heteroatoms. The topological polar surface area (TPSA) is 75.7 Å². The molecule has 1 N–H and O–H groups in total. The fourth-order valence-corrected chi connectivity index (χ4v) is 4.61. The van der Waals surface area contributed by atoms with Crippen LogP contribution in [0.15, 0.2) is 24.3 Å². The first-order valence-corrected chi connectivity index (χ1v) is 11.6. The van der Waals surface area contributed by atoms with Gasteiger partial charge >= 0.3 is 6.09 Å². The Kier molecular flexibility index (Phi) is 6.95. The van der Waals surface area contributed by atoms with Crippen LogP contribution in [-0.2, 0) is 21.2 Å². The number of likely N-dealkylation sites (tertiary alicyclic amines) is 1. The number of carbonyl (C=O) groups excluding carboxylic acids is 1. The highest BCUT2D eigenvalue weighted by molar-refractivity contribution is 14.1. The van der Waals surface area contributed by atoms with Gasteiger partial charge in [-0.2, -0.15) is 0 Å². The van der Waals surface area contributed by atoms with Crippen LogP contribution < -0.4 is 4.72 Å². The van der Waals surface area contributed by atoms with Gasteiger partial charge in [0, 0.05) is 16.2 Å². The maximum atomic E-state index is 12.7. The van der Waals surface area contributed by atoms with Crippen LogP contribution in [0.3, 0.4) is 0 Å². The highest BCUT2D eigenvalue weighted by Crippen LogP contribution is 2.25. The van der Waals surface area contributed by atoms with Gasteiger partial charge in [-0.15, -0.1) is 0 Å². The predicted molar refractivity (Wildman–Crippen MR) is 111 cm³/mol. The van der Waals surface area contributed by atoms with E-state index in [0.717, 1.165) is 21.8 Å². The van der Waals surface area contributed by atoms with Crippen molar-refractivity contribution in [2.45, 2.75) is 57.7 Å². The summed E-state index contributed by atoms with van der Waals surface area (Å²) in [6, 6.07) is 7.41. The first-order chi connectivity index (χ1) is 11.9. The summed E-state index contributed by atoms with van der Waals surface area (Å²) >= 11 is 2.25. The number of rotatable bonds is 4. The van der Waals surface area contributed by atoms with Crippen LogP contribution in [0.25, 0.3) is 0 Å². The van der Waals surface area contributed by atoms with Crippen molar-refractivity contribution < 1.29 is 17.9 Å². The van der Waals surface area contributed by atoms with Crippen LogP contribution in [0.5, 0.6) is 0 Å². The highest BCUT2D eigenvalue weighted by Gasteiger charge is 2.37. The number of nitrogens with one attached hydrogen (secondary N) is 1. The molecular formula is C18H27IN2O4S. The van der Waals surface area contributed by atoms with E-state index in [9.17, 15) is 13.2 Å². The van der Waals surface area contributed by atoms with Crippen molar-refractivity contribution in [2.75, 3.05) is 12.8 Å². The minimum Gasteiger partial charge on any atom is -0.444 e. The zero-order valence-corrected chi connectivity index (χ0v) is 18.6. The van der Waals surface area contributed by atoms with Crippen LogP contribution in [0.2, 0.25) is 0 Å². The van der Waals surface area contributed by atoms with E-state index >= 15 is 0 Å². The molecule has 1 aromatic rings. The molecule has 1 aliphatic heterocycles. The maximum absolute atomic E-state index is 12.7. The van der Waals surface area contributed by atoms with Crippen molar-refractivity contribution in [1.29, 1.82) is 0 Å². The third-order valence-electron chi connectivity index (χ3n) is 4.11. The van der Waals surface area contributed by atoms with E-state index in [1.807, 2.05) is 39.0 Å². The third kappa shape index (κ3) is 6.70. The Morgan fingerprint density at radius 2 is 2.08 bits per heavy atom. The van der Waals surface area contributed by atoms with Gasteiger partial charge in [-0.05, 0) is 80.3 Å². The first-order valence-electron chi connectivity index (χ1n) is 8.66. The molecule has 1 aliphatic rings. The monoisotopic (exact) mass is 494 g/mol. The number of benzene rings is 1. The Hall–Kier alpha value is -0.870. The largest absolute Gasteiger partial charge is 0.444 e. The number of hydrogen-bond donors (Lipinski definition) is 1. The molecule has 0 spiro atoms. The number of hydrogen-bond acceptors (Lipinski definition) is 4. The van der Waals surface area contributed by atoms with Crippen molar-refractivity contribution in [3.05, 3.63) is 33.4 Å². The van der Waals surface area contributed by atoms with Gasteiger partial charge in [0.25, 0.3) is 0 Å². The minimum absolute atomic E-state index is 0.286. The molecule has 0 unspecified atom stereocenters. The molecule has 6 nitrogen and oxygen atoms in total. The van der Waals surface area contributed by atoms with Crippen molar-refractivity contribution >= 4 is 38.7 Å². The summed E-state index contributed by atoms with van der Waals surface area (Å²) in [4.78, 5) is 14.4. The van der Waals surface area contributed by atoms with Crippen LogP contribution in [0.1, 0.15) is 39.2 Å². The summed E-state index contributed by atoms with van der Waals surface area (Å²) < 4.78 is 33.0. The second kappa shape index (κ2) is 8.43. The van der Waals surface area contributed by atoms with Gasteiger partial charge in [0.15, 0.2) is 0 Å². The Balaban J connectivity index is 2.29. The van der Waals surface area contributed by atoms with Gasteiger partial charge < -0.3 is 9.64 Å². The van der Waals surface area contributed by atoms with Crippen molar-refractivity contribution in [1.82, 2.24) is 9.62 Å². The van der Waals surface area contributed by atoms with E-state index in [2.05, 4.69) is 33.4 Å². The molecule has 0 radical (unpaired) electrons. The molecule has 2 atom stereocenters. The number of carbonyl (C=O) groups is 1. The molecule has 1 amide bonds. The number of piperidine rings is 1. The van der Waals surface area contributed by atoms with E-state index in [1.54, 1.807) is 4.90 Å². The van der Waals surface area contributed by atoms with Gasteiger partial charge in [-0.3, -0.25) is 0 Å². The van der Waals surface area contributed by atoms with Crippen LogP contribution in [-0.4, -0.2) is 49.9 Å². The fraction of sp³-hybridized carbons (Fsp3) is 0.611. The summed E-state index contributed by atoms with van der Waals surface area (Å²) in [6.45, 7) is 6.05. The standard InChI is InChI=1S/C18H27IN2O4S/c1-18(2,3)25-17(22)21-10-6-9-15(20-26(4,23)24)16(21)12-13-7-5-8-14(19)11-13/h5,7-8,11,15-16,20H,6,9-10,12H2,1-4H3/t15-,16-/m1/s1. The van der Waals surface area contributed by atoms with E-state index in [4.69, 9.17) is 4.74 Å².